The molecule has 1 amide bonds. The van der Waals surface area contributed by atoms with Gasteiger partial charge < -0.3 is 15.8 Å². The van der Waals surface area contributed by atoms with Crippen molar-refractivity contribution in [2.24, 2.45) is 5.73 Å². The highest BCUT2D eigenvalue weighted by Crippen LogP contribution is 2.47. The Hall–Kier alpha value is -3.44. The molecule has 2 aliphatic rings. The molecule has 0 radical (unpaired) electrons. The van der Waals surface area contributed by atoms with E-state index >= 15 is 0 Å². The number of amides is 1. The predicted molar refractivity (Wildman–Crippen MR) is 130 cm³/mol. The van der Waals surface area contributed by atoms with E-state index in [1.807, 2.05) is 30.3 Å². The lowest BCUT2D eigenvalue weighted by molar-refractivity contribution is 0.0950. The zero-order valence-corrected chi connectivity index (χ0v) is 19.0. The standard InChI is InChI=1S/C28H29N3O2/c1-16-24-13-20(18-7-8-18)9-11-22(24)26(33-2)23-12-10-21(14-25(16)23)28(32)31-15-17-3-5-19(6-4-17)27(29)30/h3-6,9-14,16,18,26H,7-8,15H2,1-2H3,(H3,29,30)(H,31,32)/t16-,26+/m1/s1. The van der Waals surface area contributed by atoms with Crippen molar-refractivity contribution in [1.29, 1.82) is 5.41 Å². The summed E-state index contributed by atoms with van der Waals surface area (Å²) in [4.78, 5) is 12.9. The zero-order chi connectivity index (χ0) is 23.1. The molecule has 3 aromatic carbocycles. The van der Waals surface area contributed by atoms with E-state index < -0.39 is 0 Å². The van der Waals surface area contributed by atoms with Crippen molar-refractivity contribution in [2.45, 2.75) is 44.2 Å². The van der Waals surface area contributed by atoms with Crippen LogP contribution in [-0.2, 0) is 11.3 Å². The van der Waals surface area contributed by atoms with Crippen molar-refractivity contribution < 1.29 is 9.53 Å². The summed E-state index contributed by atoms with van der Waals surface area (Å²) in [6.07, 6.45) is 2.44. The van der Waals surface area contributed by atoms with Crippen molar-refractivity contribution in [3.8, 4) is 0 Å². The van der Waals surface area contributed by atoms with E-state index in [9.17, 15) is 4.79 Å². The molecule has 5 rings (SSSR count). The van der Waals surface area contributed by atoms with Crippen LogP contribution in [0.3, 0.4) is 0 Å². The van der Waals surface area contributed by atoms with Crippen LogP contribution in [0.25, 0.3) is 0 Å². The molecule has 0 spiro atoms. The molecule has 0 saturated heterocycles. The molecule has 0 bridgehead atoms. The number of benzene rings is 3. The highest BCUT2D eigenvalue weighted by atomic mass is 16.5. The van der Waals surface area contributed by atoms with Gasteiger partial charge in [0.2, 0.25) is 0 Å². The molecular formula is C28H29N3O2. The molecule has 168 valence electrons. The van der Waals surface area contributed by atoms with E-state index in [2.05, 4.69) is 30.4 Å². The van der Waals surface area contributed by atoms with Gasteiger partial charge in [0, 0.05) is 30.7 Å². The summed E-state index contributed by atoms with van der Waals surface area (Å²) < 4.78 is 5.92. The fourth-order valence-electron chi connectivity index (χ4n) is 4.88. The van der Waals surface area contributed by atoms with Gasteiger partial charge >= 0.3 is 0 Å². The lowest BCUT2D eigenvalue weighted by Crippen LogP contribution is -2.24. The Balaban J connectivity index is 1.38. The van der Waals surface area contributed by atoms with Crippen LogP contribution in [0.5, 0.6) is 0 Å². The number of amidine groups is 1. The predicted octanol–water partition coefficient (Wildman–Crippen LogP) is 4.98. The van der Waals surface area contributed by atoms with Gasteiger partial charge in [-0.05, 0) is 64.3 Å². The maximum atomic E-state index is 12.9. The third kappa shape index (κ3) is 4.05. The minimum Gasteiger partial charge on any atom is -0.384 e. The van der Waals surface area contributed by atoms with Crippen molar-refractivity contribution in [3.05, 3.63) is 105 Å². The minimum absolute atomic E-state index is 0.0361. The van der Waals surface area contributed by atoms with Gasteiger partial charge in [-0.2, -0.15) is 0 Å². The van der Waals surface area contributed by atoms with E-state index in [0.717, 1.165) is 16.7 Å². The van der Waals surface area contributed by atoms with Gasteiger partial charge in [-0.3, -0.25) is 10.2 Å². The lowest BCUT2D eigenvalue weighted by Gasteiger charge is -2.32. The molecule has 0 heterocycles. The molecule has 5 nitrogen and oxygen atoms in total. The lowest BCUT2D eigenvalue weighted by atomic mass is 9.76. The van der Waals surface area contributed by atoms with Crippen LogP contribution in [0.4, 0.5) is 0 Å². The number of ether oxygens (including phenoxy) is 1. The van der Waals surface area contributed by atoms with Crippen LogP contribution in [0.1, 0.15) is 87.0 Å². The number of hydrogen-bond donors (Lipinski definition) is 3. The maximum Gasteiger partial charge on any atom is 0.251 e. The average Bonchev–Trinajstić information content (AvgIpc) is 3.68. The summed E-state index contributed by atoms with van der Waals surface area (Å²) in [6, 6.07) is 20.1. The van der Waals surface area contributed by atoms with E-state index in [1.165, 1.54) is 29.5 Å². The van der Waals surface area contributed by atoms with Crippen LogP contribution >= 0.6 is 0 Å². The first-order chi connectivity index (χ1) is 16.0. The summed E-state index contributed by atoms with van der Waals surface area (Å²) in [5.74, 6) is 0.833. The largest absolute Gasteiger partial charge is 0.384 e. The smallest absolute Gasteiger partial charge is 0.251 e. The first kappa shape index (κ1) is 21.4. The molecule has 2 aliphatic carbocycles. The monoisotopic (exact) mass is 439 g/mol. The average molecular weight is 440 g/mol. The Morgan fingerprint density at radius 2 is 1.61 bits per heavy atom. The molecular weight excluding hydrogens is 410 g/mol. The summed E-state index contributed by atoms with van der Waals surface area (Å²) in [7, 11) is 1.75. The fraction of sp³-hybridized carbons (Fsp3) is 0.286. The minimum atomic E-state index is -0.114. The third-order valence-corrected chi connectivity index (χ3v) is 6.96. The Bertz CT molecular complexity index is 1230. The van der Waals surface area contributed by atoms with Gasteiger partial charge in [0.1, 0.15) is 11.9 Å². The topological polar surface area (TPSA) is 88.2 Å². The Kier molecular flexibility index (Phi) is 5.51. The number of carbonyl (C=O) groups is 1. The summed E-state index contributed by atoms with van der Waals surface area (Å²) in [5, 5.41) is 10.5. The second-order valence-electron chi connectivity index (χ2n) is 9.14. The maximum absolute atomic E-state index is 12.9. The third-order valence-electron chi connectivity index (χ3n) is 6.96. The summed E-state index contributed by atoms with van der Waals surface area (Å²) >= 11 is 0. The van der Waals surface area contributed by atoms with Gasteiger partial charge in [0.25, 0.3) is 5.91 Å². The number of rotatable bonds is 6. The van der Waals surface area contributed by atoms with Crippen LogP contribution in [0.2, 0.25) is 0 Å². The van der Waals surface area contributed by atoms with Gasteiger partial charge in [-0.25, -0.2) is 0 Å². The highest BCUT2D eigenvalue weighted by molar-refractivity contribution is 5.95. The number of nitrogens with one attached hydrogen (secondary N) is 2. The summed E-state index contributed by atoms with van der Waals surface area (Å²) in [5.41, 5.74) is 14.0. The van der Waals surface area contributed by atoms with Crippen molar-refractivity contribution >= 4 is 11.7 Å². The SMILES string of the molecule is CO[C@@H]1c2ccc(C(=O)NCc3ccc(C(=N)N)cc3)cc2[C@H](C)c2cc(C3CC3)ccc21. The van der Waals surface area contributed by atoms with Crippen molar-refractivity contribution in [3.63, 3.8) is 0 Å². The number of nitrogen functional groups attached to an aromatic ring is 1. The molecule has 33 heavy (non-hydrogen) atoms. The molecule has 0 aliphatic heterocycles. The normalized spacial score (nSPS) is 18.8. The first-order valence-corrected chi connectivity index (χ1v) is 11.5. The Morgan fingerprint density at radius 3 is 2.24 bits per heavy atom. The second kappa shape index (κ2) is 8.49. The van der Waals surface area contributed by atoms with E-state index in [1.54, 1.807) is 19.2 Å². The Morgan fingerprint density at radius 1 is 0.970 bits per heavy atom. The van der Waals surface area contributed by atoms with Crippen molar-refractivity contribution in [2.75, 3.05) is 7.11 Å². The van der Waals surface area contributed by atoms with Gasteiger partial charge in [-0.1, -0.05) is 55.5 Å². The summed E-state index contributed by atoms with van der Waals surface area (Å²) in [6.45, 7) is 2.64. The molecule has 4 N–H and O–H groups in total. The molecule has 0 unspecified atom stereocenters. The van der Waals surface area contributed by atoms with E-state index in [0.29, 0.717) is 23.6 Å². The number of hydrogen-bond acceptors (Lipinski definition) is 3. The molecule has 2 atom stereocenters. The molecule has 5 heteroatoms. The van der Waals surface area contributed by atoms with Crippen LogP contribution in [0.15, 0.2) is 60.7 Å². The van der Waals surface area contributed by atoms with Crippen LogP contribution < -0.4 is 11.1 Å². The van der Waals surface area contributed by atoms with Crippen LogP contribution in [-0.4, -0.2) is 18.9 Å². The Labute approximate surface area is 194 Å². The van der Waals surface area contributed by atoms with Crippen LogP contribution in [0, 0.1) is 5.41 Å². The molecule has 0 aromatic heterocycles. The van der Waals surface area contributed by atoms with Gasteiger partial charge in [0.05, 0.1) is 0 Å². The molecule has 3 aromatic rings. The zero-order valence-electron chi connectivity index (χ0n) is 19.0. The molecule has 1 saturated carbocycles. The first-order valence-electron chi connectivity index (χ1n) is 11.5. The second-order valence-corrected chi connectivity index (χ2v) is 9.14. The quantitative estimate of drug-likeness (QED) is 0.374. The number of nitrogens with two attached hydrogens (primary N) is 1. The number of methoxy groups -OCH3 is 1. The van der Waals surface area contributed by atoms with E-state index in [-0.39, 0.29) is 23.8 Å². The highest BCUT2D eigenvalue weighted by Gasteiger charge is 2.32. The van der Waals surface area contributed by atoms with Gasteiger partial charge in [-0.15, -0.1) is 0 Å². The number of fused-ring (bicyclic) bond motifs is 2. The van der Waals surface area contributed by atoms with Gasteiger partial charge in [0.15, 0.2) is 0 Å². The molecule has 1 fully saturated rings. The number of carbonyl (C=O) groups excluding carboxylic acids is 1. The van der Waals surface area contributed by atoms with Crippen molar-refractivity contribution in [1.82, 2.24) is 5.32 Å². The van der Waals surface area contributed by atoms with E-state index in [4.69, 9.17) is 15.9 Å². The fourth-order valence-corrected chi connectivity index (χ4v) is 4.88.